The van der Waals surface area contributed by atoms with E-state index in [1.807, 2.05) is 23.6 Å². The normalized spacial score (nSPS) is 10.7. The Kier molecular flexibility index (Phi) is 6.41. The minimum Gasteiger partial charge on any atom is -0.302 e. The van der Waals surface area contributed by atoms with E-state index in [4.69, 9.17) is 0 Å². The lowest BCUT2D eigenvalue weighted by Crippen LogP contribution is -2.12. The summed E-state index contributed by atoms with van der Waals surface area (Å²) in [6.45, 7) is 4.16. The van der Waals surface area contributed by atoms with Crippen molar-refractivity contribution in [2.75, 3.05) is 11.1 Å². The van der Waals surface area contributed by atoms with Gasteiger partial charge in [-0.25, -0.2) is 4.98 Å². The molecular weight excluding hydrogens is 362 g/mol. The van der Waals surface area contributed by atoms with E-state index in [-0.39, 0.29) is 5.91 Å². The number of aromatic nitrogens is 2. The van der Waals surface area contributed by atoms with Crippen LogP contribution in [0.2, 0.25) is 0 Å². The summed E-state index contributed by atoms with van der Waals surface area (Å²) in [5, 5.41) is 5.54. The van der Waals surface area contributed by atoms with Crippen molar-refractivity contribution in [2.24, 2.45) is 0 Å². The third-order valence-corrected chi connectivity index (χ3v) is 5.61. The van der Waals surface area contributed by atoms with Crippen LogP contribution in [0.4, 0.5) is 5.13 Å². The van der Waals surface area contributed by atoms with Gasteiger partial charge in [-0.05, 0) is 31.5 Å². The van der Waals surface area contributed by atoms with E-state index in [0.29, 0.717) is 11.6 Å². The van der Waals surface area contributed by atoms with Gasteiger partial charge in [-0.1, -0.05) is 29.8 Å². The van der Waals surface area contributed by atoms with Crippen molar-refractivity contribution in [1.82, 2.24) is 9.97 Å². The summed E-state index contributed by atoms with van der Waals surface area (Å²) in [5.74, 6) is 1.58. The van der Waals surface area contributed by atoms with Crippen LogP contribution in [0, 0.1) is 13.8 Å². The van der Waals surface area contributed by atoms with Crippen molar-refractivity contribution in [2.45, 2.75) is 26.0 Å². The minimum absolute atomic E-state index is 0.0000453. The standard InChI is InChI=1S/C20H21N3OS2/c1-14-6-7-17(15(2)11-14)18-13-26-20(22-18)23-19(24)8-10-25-12-16-5-3-4-9-21-16/h3-7,9,11,13H,8,10,12H2,1-2H3,(H,22,23,24). The molecule has 1 N–H and O–H groups in total. The maximum atomic E-state index is 12.1. The molecular formula is C20H21N3OS2. The van der Waals surface area contributed by atoms with Gasteiger partial charge >= 0.3 is 0 Å². The van der Waals surface area contributed by atoms with E-state index in [0.717, 1.165) is 28.5 Å². The quantitative estimate of drug-likeness (QED) is 0.578. The zero-order valence-electron chi connectivity index (χ0n) is 14.9. The first kappa shape index (κ1) is 18.6. The van der Waals surface area contributed by atoms with Crippen LogP contribution in [0.25, 0.3) is 11.3 Å². The molecule has 2 heterocycles. The number of carbonyl (C=O) groups excluding carboxylic acids is 1. The van der Waals surface area contributed by atoms with Crippen molar-refractivity contribution >= 4 is 34.1 Å². The first-order chi connectivity index (χ1) is 12.6. The molecule has 1 aromatic carbocycles. The lowest BCUT2D eigenvalue weighted by molar-refractivity contribution is -0.115. The maximum absolute atomic E-state index is 12.1. The summed E-state index contributed by atoms with van der Waals surface area (Å²) >= 11 is 3.17. The molecule has 3 rings (SSSR count). The van der Waals surface area contributed by atoms with Crippen LogP contribution in [0.1, 0.15) is 23.2 Å². The van der Waals surface area contributed by atoms with Crippen molar-refractivity contribution < 1.29 is 4.79 Å². The number of amides is 1. The van der Waals surface area contributed by atoms with Crippen LogP contribution in [-0.4, -0.2) is 21.6 Å². The van der Waals surface area contributed by atoms with Gasteiger partial charge in [0, 0.05) is 35.1 Å². The number of hydrogen-bond donors (Lipinski definition) is 1. The van der Waals surface area contributed by atoms with Crippen LogP contribution in [0.5, 0.6) is 0 Å². The third kappa shape index (κ3) is 5.16. The van der Waals surface area contributed by atoms with Crippen LogP contribution >= 0.6 is 23.1 Å². The van der Waals surface area contributed by atoms with Crippen molar-refractivity contribution in [3.63, 3.8) is 0 Å². The molecule has 1 amide bonds. The van der Waals surface area contributed by atoms with Gasteiger partial charge in [0.15, 0.2) is 5.13 Å². The molecule has 0 saturated heterocycles. The smallest absolute Gasteiger partial charge is 0.226 e. The molecule has 0 saturated carbocycles. The highest BCUT2D eigenvalue weighted by Crippen LogP contribution is 2.28. The molecule has 0 radical (unpaired) electrons. The second kappa shape index (κ2) is 8.96. The number of thiazole rings is 1. The lowest BCUT2D eigenvalue weighted by Gasteiger charge is -2.04. The second-order valence-corrected chi connectivity index (χ2v) is 7.99. The molecule has 0 aliphatic carbocycles. The molecule has 6 heteroatoms. The number of hydrogen-bond acceptors (Lipinski definition) is 5. The predicted molar refractivity (Wildman–Crippen MR) is 111 cm³/mol. The summed E-state index contributed by atoms with van der Waals surface area (Å²) in [6.07, 6.45) is 2.26. The Labute approximate surface area is 162 Å². The first-order valence-electron chi connectivity index (χ1n) is 8.42. The monoisotopic (exact) mass is 383 g/mol. The Hall–Kier alpha value is -2.18. The molecule has 2 aromatic heterocycles. The van der Waals surface area contributed by atoms with Gasteiger partial charge in [0.2, 0.25) is 5.91 Å². The topological polar surface area (TPSA) is 54.9 Å². The zero-order chi connectivity index (χ0) is 18.4. The van der Waals surface area contributed by atoms with Crippen molar-refractivity contribution in [3.05, 3.63) is 64.8 Å². The Bertz CT molecular complexity index is 878. The largest absolute Gasteiger partial charge is 0.302 e. The summed E-state index contributed by atoms with van der Waals surface area (Å²) in [6, 6.07) is 12.2. The molecule has 0 atom stereocenters. The molecule has 0 aliphatic rings. The van der Waals surface area contributed by atoms with Crippen LogP contribution < -0.4 is 5.32 Å². The summed E-state index contributed by atoms with van der Waals surface area (Å²) in [5.41, 5.74) is 5.49. The van der Waals surface area contributed by atoms with E-state index >= 15 is 0 Å². The molecule has 0 aliphatic heterocycles. The number of anilines is 1. The number of rotatable bonds is 7. The van der Waals surface area contributed by atoms with Crippen molar-refractivity contribution in [3.8, 4) is 11.3 Å². The average Bonchev–Trinajstić information content (AvgIpc) is 3.07. The molecule has 26 heavy (non-hydrogen) atoms. The number of nitrogens with zero attached hydrogens (tertiary/aromatic N) is 2. The van der Waals surface area contributed by atoms with Crippen molar-refractivity contribution in [1.29, 1.82) is 0 Å². The number of carbonyl (C=O) groups is 1. The molecule has 0 fully saturated rings. The highest BCUT2D eigenvalue weighted by Gasteiger charge is 2.10. The highest BCUT2D eigenvalue weighted by atomic mass is 32.2. The van der Waals surface area contributed by atoms with Gasteiger partial charge < -0.3 is 5.32 Å². The van der Waals surface area contributed by atoms with E-state index in [1.54, 1.807) is 18.0 Å². The molecule has 4 nitrogen and oxygen atoms in total. The highest BCUT2D eigenvalue weighted by molar-refractivity contribution is 7.98. The van der Waals surface area contributed by atoms with Gasteiger partial charge in [-0.2, -0.15) is 11.8 Å². The number of thioether (sulfide) groups is 1. The Morgan fingerprint density at radius 1 is 1.23 bits per heavy atom. The zero-order valence-corrected chi connectivity index (χ0v) is 16.5. The van der Waals surface area contributed by atoms with Crippen LogP contribution in [-0.2, 0) is 10.5 Å². The lowest BCUT2D eigenvalue weighted by atomic mass is 10.0. The van der Waals surface area contributed by atoms with E-state index < -0.39 is 0 Å². The number of pyridine rings is 1. The first-order valence-corrected chi connectivity index (χ1v) is 10.5. The fourth-order valence-corrected chi connectivity index (χ4v) is 4.14. The van der Waals surface area contributed by atoms with Crippen LogP contribution in [0.3, 0.4) is 0 Å². The molecule has 0 bridgehead atoms. The number of aryl methyl sites for hydroxylation is 2. The van der Waals surface area contributed by atoms with E-state index in [1.165, 1.54) is 22.5 Å². The fourth-order valence-electron chi connectivity index (χ4n) is 2.56. The number of nitrogens with one attached hydrogen (secondary N) is 1. The predicted octanol–water partition coefficient (Wildman–Crippen LogP) is 5.08. The van der Waals surface area contributed by atoms with Gasteiger partial charge in [0.05, 0.1) is 11.4 Å². The summed E-state index contributed by atoms with van der Waals surface area (Å²) < 4.78 is 0. The molecule has 0 spiro atoms. The minimum atomic E-state index is 0.0000453. The molecule has 3 aromatic rings. The van der Waals surface area contributed by atoms with Gasteiger partial charge in [-0.15, -0.1) is 11.3 Å². The summed E-state index contributed by atoms with van der Waals surface area (Å²) in [7, 11) is 0. The number of benzene rings is 1. The van der Waals surface area contributed by atoms with Gasteiger partial charge in [0.1, 0.15) is 0 Å². The van der Waals surface area contributed by atoms with E-state index in [2.05, 4.69) is 47.3 Å². The SMILES string of the molecule is Cc1ccc(-c2csc(NC(=O)CCSCc3ccccn3)n2)c(C)c1. The van der Waals surface area contributed by atoms with E-state index in [9.17, 15) is 4.79 Å². The third-order valence-electron chi connectivity index (χ3n) is 3.86. The maximum Gasteiger partial charge on any atom is 0.226 e. The van der Waals surface area contributed by atoms with Crippen LogP contribution in [0.15, 0.2) is 48.0 Å². The fraction of sp³-hybridized carbons (Fsp3) is 0.250. The Morgan fingerprint density at radius 2 is 2.12 bits per heavy atom. The molecule has 134 valence electrons. The second-order valence-electron chi connectivity index (χ2n) is 6.03. The average molecular weight is 384 g/mol. The Balaban J connectivity index is 1.48. The Morgan fingerprint density at radius 3 is 2.88 bits per heavy atom. The van der Waals surface area contributed by atoms with Gasteiger partial charge in [0.25, 0.3) is 0 Å². The van der Waals surface area contributed by atoms with Gasteiger partial charge in [-0.3, -0.25) is 9.78 Å². The molecule has 0 unspecified atom stereocenters. The summed E-state index contributed by atoms with van der Waals surface area (Å²) in [4.78, 5) is 20.9.